The molecule has 0 aliphatic carbocycles. The van der Waals surface area contributed by atoms with E-state index in [1.165, 1.54) is 11.6 Å². The summed E-state index contributed by atoms with van der Waals surface area (Å²) < 4.78 is 19.5. The van der Waals surface area contributed by atoms with Gasteiger partial charge in [0.05, 0.1) is 16.8 Å². The van der Waals surface area contributed by atoms with Gasteiger partial charge in [0, 0.05) is 6.07 Å². The number of nitrogens with one attached hydrogen (secondary N) is 1. The maximum atomic E-state index is 13.5. The molecule has 0 spiro atoms. The SMILES string of the molecule is Cc1ccc(C2Oc3cc(F)c(Cl)cc3NC2C)cc1. The second-order valence-electron chi connectivity index (χ2n) is 5.14. The van der Waals surface area contributed by atoms with Crippen LogP contribution in [0.25, 0.3) is 0 Å². The van der Waals surface area contributed by atoms with Gasteiger partial charge in [0.1, 0.15) is 17.7 Å². The first-order valence-electron chi connectivity index (χ1n) is 6.53. The first kappa shape index (κ1) is 13.3. The highest BCUT2D eigenvalue weighted by atomic mass is 35.5. The second-order valence-corrected chi connectivity index (χ2v) is 5.55. The lowest BCUT2D eigenvalue weighted by Gasteiger charge is -2.33. The van der Waals surface area contributed by atoms with Crippen LogP contribution in [0.2, 0.25) is 5.02 Å². The van der Waals surface area contributed by atoms with Crippen molar-refractivity contribution in [1.29, 1.82) is 0 Å². The largest absolute Gasteiger partial charge is 0.481 e. The minimum Gasteiger partial charge on any atom is -0.481 e. The van der Waals surface area contributed by atoms with Crippen molar-refractivity contribution < 1.29 is 9.13 Å². The van der Waals surface area contributed by atoms with Crippen molar-refractivity contribution >= 4 is 17.3 Å². The normalized spacial score (nSPS) is 20.8. The summed E-state index contributed by atoms with van der Waals surface area (Å²) in [4.78, 5) is 0. The standard InChI is InChI=1S/C16H15ClFNO/c1-9-3-5-11(6-4-9)16-10(2)19-14-7-12(17)13(18)8-15(14)20-16/h3-8,10,16,19H,1-2H3. The molecule has 1 aliphatic heterocycles. The van der Waals surface area contributed by atoms with Gasteiger partial charge in [-0.15, -0.1) is 0 Å². The van der Waals surface area contributed by atoms with Crippen molar-refractivity contribution in [2.45, 2.75) is 26.0 Å². The van der Waals surface area contributed by atoms with E-state index in [-0.39, 0.29) is 17.2 Å². The molecule has 0 bridgehead atoms. The number of hydrogen-bond donors (Lipinski definition) is 1. The lowest BCUT2D eigenvalue weighted by Crippen LogP contribution is -2.32. The van der Waals surface area contributed by atoms with Crippen LogP contribution in [0.1, 0.15) is 24.2 Å². The number of benzene rings is 2. The van der Waals surface area contributed by atoms with Crippen LogP contribution in [0.4, 0.5) is 10.1 Å². The monoisotopic (exact) mass is 291 g/mol. The molecule has 3 rings (SSSR count). The van der Waals surface area contributed by atoms with E-state index >= 15 is 0 Å². The zero-order valence-corrected chi connectivity index (χ0v) is 12.0. The molecule has 2 nitrogen and oxygen atoms in total. The smallest absolute Gasteiger partial charge is 0.146 e. The predicted octanol–water partition coefficient (Wildman–Crippen LogP) is 4.72. The second kappa shape index (κ2) is 4.98. The molecular formula is C16H15ClFNO. The van der Waals surface area contributed by atoms with Crippen LogP contribution in [0.5, 0.6) is 5.75 Å². The average Bonchev–Trinajstić information content (AvgIpc) is 2.41. The fraction of sp³-hybridized carbons (Fsp3) is 0.250. The van der Waals surface area contributed by atoms with E-state index in [1.807, 2.05) is 38.1 Å². The topological polar surface area (TPSA) is 21.3 Å². The summed E-state index contributed by atoms with van der Waals surface area (Å²) in [6.07, 6.45) is -0.149. The van der Waals surface area contributed by atoms with Crippen molar-refractivity contribution in [3.8, 4) is 5.75 Å². The summed E-state index contributed by atoms with van der Waals surface area (Å²) in [5.41, 5.74) is 2.99. The molecule has 20 heavy (non-hydrogen) atoms. The first-order chi connectivity index (χ1) is 9.54. The van der Waals surface area contributed by atoms with Crippen LogP contribution in [0.15, 0.2) is 36.4 Å². The van der Waals surface area contributed by atoms with Gasteiger partial charge in [0.2, 0.25) is 0 Å². The molecule has 4 heteroatoms. The van der Waals surface area contributed by atoms with Gasteiger partial charge in [0.25, 0.3) is 0 Å². The molecule has 0 radical (unpaired) electrons. The van der Waals surface area contributed by atoms with Gasteiger partial charge >= 0.3 is 0 Å². The third kappa shape index (κ3) is 2.34. The Labute approximate surface area is 122 Å². The number of aryl methyl sites for hydroxylation is 1. The van der Waals surface area contributed by atoms with E-state index in [4.69, 9.17) is 16.3 Å². The third-order valence-corrected chi connectivity index (χ3v) is 3.81. The van der Waals surface area contributed by atoms with Crippen molar-refractivity contribution in [2.24, 2.45) is 0 Å². The highest BCUT2D eigenvalue weighted by molar-refractivity contribution is 6.31. The van der Waals surface area contributed by atoms with Gasteiger partial charge < -0.3 is 10.1 Å². The molecule has 1 heterocycles. The maximum Gasteiger partial charge on any atom is 0.146 e. The van der Waals surface area contributed by atoms with E-state index in [1.54, 1.807) is 6.07 Å². The minimum absolute atomic E-state index is 0.0757. The first-order valence-corrected chi connectivity index (χ1v) is 6.91. The fourth-order valence-corrected chi connectivity index (χ4v) is 2.58. The van der Waals surface area contributed by atoms with Crippen molar-refractivity contribution in [3.63, 3.8) is 0 Å². The van der Waals surface area contributed by atoms with Gasteiger partial charge in [-0.05, 0) is 25.5 Å². The van der Waals surface area contributed by atoms with Crippen LogP contribution in [-0.2, 0) is 0 Å². The van der Waals surface area contributed by atoms with Gasteiger partial charge in [0.15, 0.2) is 0 Å². The van der Waals surface area contributed by atoms with Gasteiger partial charge in [-0.25, -0.2) is 4.39 Å². The number of ether oxygens (including phenoxy) is 1. The van der Waals surface area contributed by atoms with E-state index in [9.17, 15) is 4.39 Å². The maximum absolute atomic E-state index is 13.5. The Bertz CT molecular complexity index is 642. The lowest BCUT2D eigenvalue weighted by molar-refractivity contribution is 0.177. The molecular weight excluding hydrogens is 277 g/mol. The Hall–Kier alpha value is -1.74. The van der Waals surface area contributed by atoms with Crippen LogP contribution >= 0.6 is 11.6 Å². The molecule has 0 saturated heterocycles. The van der Waals surface area contributed by atoms with Crippen molar-refractivity contribution in [3.05, 3.63) is 58.4 Å². The molecule has 1 N–H and O–H groups in total. The van der Waals surface area contributed by atoms with Crippen molar-refractivity contribution in [1.82, 2.24) is 0 Å². The van der Waals surface area contributed by atoms with Crippen LogP contribution in [0.3, 0.4) is 0 Å². The van der Waals surface area contributed by atoms with E-state index in [0.29, 0.717) is 5.75 Å². The summed E-state index contributed by atoms with van der Waals surface area (Å²) in [5.74, 6) is 0.0278. The minimum atomic E-state index is -0.468. The Morgan fingerprint density at radius 2 is 1.90 bits per heavy atom. The molecule has 104 valence electrons. The van der Waals surface area contributed by atoms with Gasteiger partial charge in [-0.1, -0.05) is 41.4 Å². The van der Waals surface area contributed by atoms with E-state index < -0.39 is 5.82 Å². The number of anilines is 1. The highest BCUT2D eigenvalue weighted by Crippen LogP contribution is 2.39. The molecule has 1 aliphatic rings. The molecule has 2 aromatic rings. The number of halogens is 2. The summed E-state index contributed by atoms with van der Waals surface area (Å²) in [6.45, 7) is 4.07. The molecule has 2 aromatic carbocycles. The summed E-state index contributed by atoms with van der Waals surface area (Å²) in [6, 6.07) is 11.1. The summed E-state index contributed by atoms with van der Waals surface area (Å²) in [5, 5.41) is 3.41. The molecule has 0 fully saturated rings. The Morgan fingerprint density at radius 1 is 1.20 bits per heavy atom. The van der Waals surface area contributed by atoms with Crippen LogP contribution in [0, 0.1) is 12.7 Å². The summed E-state index contributed by atoms with van der Waals surface area (Å²) in [7, 11) is 0. The van der Waals surface area contributed by atoms with Gasteiger partial charge in [-0.2, -0.15) is 0 Å². The molecule has 0 amide bonds. The van der Waals surface area contributed by atoms with Crippen LogP contribution < -0.4 is 10.1 Å². The number of hydrogen-bond acceptors (Lipinski definition) is 2. The summed E-state index contributed by atoms with van der Waals surface area (Å²) >= 11 is 5.79. The quantitative estimate of drug-likeness (QED) is 0.821. The predicted molar refractivity (Wildman–Crippen MR) is 79.0 cm³/mol. The zero-order valence-electron chi connectivity index (χ0n) is 11.3. The zero-order chi connectivity index (χ0) is 14.3. The Balaban J connectivity index is 1.96. The molecule has 2 atom stereocenters. The highest BCUT2D eigenvalue weighted by Gasteiger charge is 2.28. The van der Waals surface area contributed by atoms with Crippen LogP contribution in [-0.4, -0.2) is 6.04 Å². The molecule has 0 aromatic heterocycles. The number of rotatable bonds is 1. The van der Waals surface area contributed by atoms with Gasteiger partial charge in [-0.3, -0.25) is 0 Å². The third-order valence-electron chi connectivity index (χ3n) is 3.52. The fourth-order valence-electron chi connectivity index (χ4n) is 2.41. The van der Waals surface area contributed by atoms with E-state index in [0.717, 1.165) is 11.3 Å². The lowest BCUT2D eigenvalue weighted by atomic mass is 10.00. The Kier molecular flexibility index (Phi) is 3.30. The Morgan fingerprint density at radius 3 is 2.60 bits per heavy atom. The van der Waals surface area contributed by atoms with E-state index in [2.05, 4.69) is 5.32 Å². The van der Waals surface area contributed by atoms with Crippen molar-refractivity contribution in [2.75, 3.05) is 5.32 Å². The molecule has 0 saturated carbocycles. The molecule has 2 unspecified atom stereocenters. The number of fused-ring (bicyclic) bond motifs is 1. The average molecular weight is 292 g/mol.